The van der Waals surface area contributed by atoms with Crippen molar-refractivity contribution < 1.29 is 4.42 Å². The molecule has 0 spiro atoms. The molecule has 0 atom stereocenters. The number of aromatic nitrogens is 4. The van der Waals surface area contributed by atoms with Crippen LogP contribution in [0.3, 0.4) is 0 Å². The molecule has 5 nitrogen and oxygen atoms in total. The molecule has 4 aromatic rings. The maximum atomic E-state index is 5.82. The van der Waals surface area contributed by atoms with Crippen LogP contribution in [-0.4, -0.2) is 19.6 Å². The van der Waals surface area contributed by atoms with Crippen LogP contribution in [0.25, 0.3) is 28.1 Å². The van der Waals surface area contributed by atoms with E-state index < -0.39 is 0 Å². The largest absolute Gasteiger partial charge is 0.454 e. The molecule has 0 aliphatic rings. The zero-order chi connectivity index (χ0) is 12.8. The molecule has 92 valence electrons. The Balaban J connectivity index is 2.00. The number of imidazole rings is 1. The van der Waals surface area contributed by atoms with Crippen molar-refractivity contribution in [2.45, 2.75) is 6.92 Å². The smallest absolute Gasteiger partial charge is 0.155 e. The van der Waals surface area contributed by atoms with Gasteiger partial charge in [-0.1, -0.05) is 0 Å². The summed E-state index contributed by atoms with van der Waals surface area (Å²) in [7, 11) is 0. The van der Waals surface area contributed by atoms with E-state index in [1.165, 1.54) is 0 Å². The number of hydrogen-bond donors (Lipinski definition) is 0. The SMILES string of the molecule is Cc1ccc2ncc(-c3cc4cnccc4o3)n2n1. The molecule has 0 saturated carbocycles. The van der Waals surface area contributed by atoms with Gasteiger partial charge in [0.05, 0.1) is 11.9 Å². The summed E-state index contributed by atoms with van der Waals surface area (Å²) in [6.07, 6.45) is 5.27. The van der Waals surface area contributed by atoms with Gasteiger partial charge >= 0.3 is 0 Å². The van der Waals surface area contributed by atoms with Gasteiger partial charge in [0.2, 0.25) is 0 Å². The highest BCUT2D eigenvalue weighted by Gasteiger charge is 2.12. The van der Waals surface area contributed by atoms with Crippen LogP contribution in [0.15, 0.2) is 47.3 Å². The topological polar surface area (TPSA) is 56.2 Å². The molecule has 19 heavy (non-hydrogen) atoms. The summed E-state index contributed by atoms with van der Waals surface area (Å²) in [5.41, 5.74) is 3.39. The van der Waals surface area contributed by atoms with Gasteiger partial charge in [-0.25, -0.2) is 9.50 Å². The van der Waals surface area contributed by atoms with E-state index in [4.69, 9.17) is 4.42 Å². The molecule has 4 rings (SSSR count). The lowest BCUT2D eigenvalue weighted by atomic mass is 10.3. The van der Waals surface area contributed by atoms with Crippen molar-refractivity contribution in [1.29, 1.82) is 0 Å². The summed E-state index contributed by atoms with van der Waals surface area (Å²) in [4.78, 5) is 8.42. The summed E-state index contributed by atoms with van der Waals surface area (Å²) in [5, 5.41) is 5.43. The molecule has 0 N–H and O–H groups in total. The Morgan fingerprint density at radius 1 is 1.16 bits per heavy atom. The molecule has 0 radical (unpaired) electrons. The Kier molecular flexibility index (Phi) is 1.97. The summed E-state index contributed by atoms with van der Waals surface area (Å²) in [6.45, 7) is 1.95. The van der Waals surface area contributed by atoms with Gasteiger partial charge < -0.3 is 4.42 Å². The van der Waals surface area contributed by atoms with Crippen LogP contribution < -0.4 is 0 Å². The van der Waals surface area contributed by atoms with Crippen LogP contribution in [0.5, 0.6) is 0 Å². The molecule has 5 heteroatoms. The standard InChI is InChI=1S/C14H10N4O/c1-9-2-3-14-16-8-11(18(14)17-9)13-6-10-7-15-5-4-12(10)19-13/h2-8H,1H3. The second kappa shape index (κ2) is 3.65. The fraction of sp³-hybridized carbons (Fsp3) is 0.0714. The average molecular weight is 250 g/mol. The average Bonchev–Trinajstić information content (AvgIpc) is 3.00. The molecule has 0 saturated heterocycles. The zero-order valence-electron chi connectivity index (χ0n) is 10.2. The van der Waals surface area contributed by atoms with E-state index in [2.05, 4.69) is 15.1 Å². The van der Waals surface area contributed by atoms with E-state index in [0.29, 0.717) is 0 Å². The van der Waals surface area contributed by atoms with E-state index in [9.17, 15) is 0 Å². The van der Waals surface area contributed by atoms with Crippen LogP contribution in [0.1, 0.15) is 5.69 Å². The molecule has 4 heterocycles. The van der Waals surface area contributed by atoms with Crippen LogP contribution in [0.4, 0.5) is 0 Å². The third kappa shape index (κ3) is 1.52. The summed E-state index contributed by atoms with van der Waals surface area (Å²) in [5.74, 6) is 0.744. The van der Waals surface area contributed by atoms with E-state index in [1.807, 2.05) is 31.2 Å². The van der Waals surface area contributed by atoms with Gasteiger partial charge in [0, 0.05) is 17.8 Å². The van der Waals surface area contributed by atoms with Crippen molar-refractivity contribution in [3.05, 3.63) is 48.5 Å². The highest BCUT2D eigenvalue weighted by atomic mass is 16.3. The predicted molar refractivity (Wildman–Crippen MR) is 70.7 cm³/mol. The minimum atomic E-state index is 0.744. The first-order valence-corrected chi connectivity index (χ1v) is 5.96. The molecule has 0 amide bonds. The molecule has 4 aromatic heterocycles. The lowest BCUT2D eigenvalue weighted by Gasteiger charge is -1.98. The number of hydrogen-bond acceptors (Lipinski definition) is 4. The number of nitrogens with zero attached hydrogens (tertiary/aromatic N) is 4. The van der Waals surface area contributed by atoms with Crippen LogP contribution in [0, 0.1) is 6.92 Å². The van der Waals surface area contributed by atoms with Gasteiger partial charge in [-0.3, -0.25) is 4.98 Å². The summed E-state index contributed by atoms with van der Waals surface area (Å²) in [6, 6.07) is 7.68. The minimum absolute atomic E-state index is 0.744. The van der Waals surface area contributed by atoms with Gasteiger partial charge in [0.1, 0.15) is 11.3 Å². The molecule has 0 aromatic carbocycles. The lowest BCUT2D eigenvalue weighted by molar-refractivity contribution is 0.625. The van der Waals surface area contributed by atoms with E-state index in [-0.39, 0.29) is 0 Å². The second-order valence-electron chi connectivity index (χ2n) is 4.41. The van der Waals surface area contributed by atoms with Crippen molar-refractivity contribution in [3.8, 4) is 11.5 Å². The van der Waals surface area contributed by atoms with Gasteiger partial charge in [-0.05, 0) is 31.2 Å². The highest BCUT2D eigenvalue weighted by Crippen LogP contribution is 2.27. The fourth-order valence-corrected chi connectivity index (χ4v) is 2.14. The van der Waals surface area contributed by atoms with E-state index in [0.717, 1.165) is 33.8 Å². The first-order chi connectivity index (χ1) is 9.31. The van der Waals surface area contributed by atoms with Gasteiger partial charge in [-0.15, -0.1) is 0 Å². The number of fused-ring (bicyclic) bond motifs is 2. The first kappa shape index (κ1) is 10.3. The number of rotatable bonds is 1. The van der Waals surface area contributed by atoms with Gasteiger partial charge in [-0.2, -0.15) is 5.10 Å². The van der Waals surface area contributed by atoms with Crippen molar-refractivity contribution in [2.24, 2.45) is 0 Å². The van der Waals surface area contributed by atoms with Crippen LogP contribution in [-0.2, 0) is 0 Å². The Morgan fingerprint density at radius 3 is 3.00 bits per heavy atom. The monoisotopic (exact) mass is 250 g/mol. The van der Waals surface area contributed by atoms with Crippen molar-refractivity contribution in [3.63, 3.8) is 0 Å². The number of furan rings is 1. The first-order valence-electron chi connectivity index (χ1n) is 5.96. The van der Waals surface area contributed by atoms with E-state index in [1.54, 1.807) is 23.1 Å². The molecule has 0 fully saturated rings. The van der Waals surface area contributed by atoms with E-state index >= 15 is 0 Å². The molecular weight excluding hydrogens is 240 g/mol. The Labute approximate surface area is 108 Å². The number of aryl methyl sites for hydroxylation is 1. The van der Waals surface area contributed by atoms with Gasteiger partial charge in [0.25, 0.3) is 0 Å². The molecule has 0 aliphatic carbocycles. The summed E-state index contributed by atoms with van der Waals surface area (Å²) >= 11 is 0. The maximum Gasteiger partial charge on any atom is 0.155 e. The van der Waals surface area contributed by atoms with Crippen molar-refractivity contribution in [2.75, 3.05) is 0 Å². The minimum Gasteiger partial charge on any atom is -0.454 e. The highest BCUT2D eigenvalue weighted by molar-refractivity contribution is 5.81. The lowest BCUT2D eigenvalue weighted by Crippen LogP contribution is -1.95. The number of pyridine rings is 1. The quantitative estimate of drug-likeness (QED) is 0.521. The molecule has 0 aliphatic heterocycles. The third-order valence-corrected chi connectivity index (χ3v) is 3.06. The van der Waals surface area contributed by atoms with Gasteiger partial charge in [0.15, 0.2) is 11.4 Å². The molecule has 0 bridgehead atoms. The zero-order valence-corrected chi connectivity index (χ0v) is 10.2. The maximum absolute atomic E-state index is 5.82. The van der Waals surface area contributed by atoms with Crippen molar-refractivity contribution >= 4 is 16.6 Å². The third-order valence-electron chi connectivity index (χ3n) is 3.06. The Morgan fingerprint density at radius 2 is 2.11 bits per heavy atom. The van der Waals surface area contributed by atoms with Crippen LogP contribution in [0.2, 0.25) is 0 Å². The second-order valence-corrected chi connectivity index (χ2v) is 4.41. The fourth-order valence-electron chi connectivity index (χ4n) is 2.14. The predicted octanol–water partition coefficient (Wildman–Crippen LogP) is 2.85. The van der Waals surface area contributed by atoms with Crippen molar-refractivity contribution in [1.82, 2.24) is 19.6 Å². The Hall–Kier alpha value is -2.69. The molecular formula is C14H10N4O. The molecule has 0 unspecified atom stereocenters. The summed E-state index contributed by atoms with van der Waals surface area (Å²) < 4.78 is 7.61. The Bertz CT molecular complexity index is 858. The van der Waals surface area contributed by atoms with Crippen LogP contribution >= 0.6 is 0 Å². The normalized spacial score (nSPS) is 11.4.